The maximum absolute atomic E-state index is 11.5. The molecule has 0 aliphatic heterocycles. The summed E-state index contributed by atoms with van der Waals surface area (Å²) >= 11 is 17.2. The van der Waals surface area contributed by atoms with Crippen LogP contribution in [0.3, 0.4) is 0 Å². The molecule has 1 atom stereocenters. The van der Waals surface area contributed by atoms with Gasteiger partial charge in [0.2, 0.25) is 0 Å². The number of hydrogen-bond donors (Lipinski definition) is 0. The number of carbonyl (C=O) groups excluding carboxylic acids is 1. The van der Waals surface area contributed by atoms with Crippen molar-refractivity contribution in [2.75, 3.05) is 0 Å². The molecule has 0 saturated carbocycles. The smallest absolute Gasteiger partial charge is 0.180 e. The lowest BCUT2D eigenvalue weighted by atomic mass is 10.1. The van der Waals surface area contributed by atoms with Gasteiger partial charge in [0.25, 0.3) is 0 Å². The van der Waals surface area contributed by atoms with Gasteiger partial charge in [-0.15, -0.1) is 23.2 Å². The molecular formula is C10H9Cl3O. The SMILES string of the molecule is CC(Cl)C(=O)c1ccc(CCl)c(Cl)c1. The molecule has 0 aliphatic rings. The molecule has 0 radical (unpaired) electrons. The summed E-state index contributed by atoms with van der Waals surface area (Å²) in [6.07, 6.45) is 0. The first-order valence-electron chi connectivity index (χ1n) is 4.09. The molecule has 0 fully saturated rings. The van der Waals surface area contributed by atoms with E-state index in [2.05, 4.69) is 0 Å². The van der Waals surface area contributed by atoms with E-state index < -0.39 is 5.38 Å². The summed E-state index contributed by atoms with van der Waals surface area (Å²) in [6, 6.07) is 5.02. The monoisotopic (exact) mass is 250 g/mol. The van der Waals surface area contributed by atoms with E-state index in [1.54, 1.807) is 25.1 Å². The summed E-state index contributed by atoms with van der Waals surface area (Å²) < 4.78 is 0. The molecule has 1 unspecified atom stereocenters. The van der Waals surface area contributed by atoms with Crippen molar-refractivity contribution in [3.8, 4) is 0 Å². The van der Waals surface area contributed by atoms with Crippen LogP contribution in [0.1, 0.15) is 22.8 Å². The number of carbonyl (C=O) groups is 1. The van der Waals surface area contributed by atoms with E-state index >= 15 is 0 Å². The van der Waals surface area contributed by atoms with Crippen LogP contribution in [0.2, 0.25) is 5.02 Å². The largest absolute Gasteiger partial charge is 0.293 e. The van der Waals surface area contributed by atoms with Crippen LogP contribution in [-0.4, -0.2) is 11.2 Å². The first-order valence-corrected chi connectivity index (χ1v) is 5.44. The van der Waals surface area contributed by atoms with Gasteiger partial charge in [-0.25, -0.2) is 0 Å². The Balaban J connectivity index is 3.03. The minimum Gasteiger partial charge on any atom is -0.293 e. The van der Waals surface area contributed by atoms with E-state index in [1.807, 2.05) is 0 Å². The van der Waals surface area contributed by atoms with Crippen molar-refractivity contribution < 1.29 is 4.79 Å². The van der Waals surface area contributed by atoms with Gasteiger partial charge in [-0.2, -0.15) is 0 Å². The number of halogens is 3. The normalized spacial score (nSPS) is 12.6. The fourth-order valence-electron chi connectivity index (χ4n) is 1.04. The fourth-order valence-corrected chi connectivity index (χ4v) is 1.71. The summed E-state index contributed by atoms with van der Waals surface area (Å²) in [6.45, 7) is 1.63. The molecule has 0 heterocycles. The first kappa shape index (κ1) is 11.8. The Morgan fingerprint density at radius 2 is 2.14 bits per heavy atom. The summed E-state index contributed by atoms with van der Waals surface area (Å²) in [5.41, 5.74) is 1.33. The molecule has 1 rings (SSSR count). The average Bonchev–Trinajstić information content (AvgIpc) is 2.16. The van der Waals surface area contributed by atoms with Crippen molar-refractivity contribution >= 4 is 40.6 Å². The predicted molar refractivity (Wildman–Crippen MR) is 60.7 cm³/mol. The third-order valence-electron chi connectivity index (χ3n) is 1.84. The molecule has 0 spiro atoms. The van der Waals surface area contributed by atoms with E-state index in [1.165, 1.54) is 0 Å². The summed E-state index contributed by atoms with van der Waals surface area (Å²) in [5.74, 6) is 0.207. The number of Topliss-reactive ketones (excluding diaryl/α,β-unsaturated/α-hetero) is 1. The summed E-state index contributed by atoms with van der Waals surface area (Å²) in [4.78, 5) is 11.5. The second-order valence-corrected chi connectivity index (χ2v) is 4.25. The predicted octanol–water partition coefficient (Wildman–Crippen LogP) is 3.89. The van der Waals surface area contributed by atoms with E-state index in [4.69, 9.17) is 34.8 Å². The van der Waals surface area contributed by atoms with Crippen molar-refractivity contribution in [2.24, 2.45) is 0 Å². The topological polar surface area (TPSA) is 17.1 Å². The number of alkyl halides is 2. The molecule has 4 heteroatoms. The lowest BCUT2D eigenvalue weighted by Crippen LogP contribution is -2.10. The van der Waals surface area contributed by atoms with Crippen LogP contribution in [0, 0.1) is 0 Å². The molecular weight excluding hydrogens is 242 g/mol. The highest BCUT2D eigenvalue weighted by atomic mass is 35.5. The van der Waals surface area contributed by atoms with Crippen LogP contribution in [0.25, 0.3) is 0 Å². The minimum atomic E-state index is -0.534. The van der Waals surface area contributed by atoms with E-state index in [0.29, 0.717) is 16.5 Å². The molecule has 1 nitrogen and oxygen atoms in total. The molecule has 0 amide bonds. The van der Waals surface area contributed by atoms with Gasteiger partial charge in [0, 0.05) is 16.5 Å². The van der Waals surface area contributed by atoms with Gasteiger partial charge in [0.15, 0.2) is 5.78 Å². The fraction of sp³-hybridized carbons (Fsp3) is 0.300. The Hall–Kier alpha value is -0.240. The quantitative estimate of drug-likeness (QED) is 0.588. The van der Waals surface area contributed by atoms with Crippen LogP contribution in [-0.2, 0) is 5.88 Å². The lowest BCUT2D eigenvalue weighted by Gasteiger charge is -2.05. The van der Waals surface area contributed by atoms with E-state index in [9.17, 15) is 4.79 Å². The third-order valence-corrected chi connectivity index (χ3v) is 2.68. The van der Waals surface area contributed by atoms with Crippen molar-refractivity contribution in [1.29, 1.82) is 0 Å². The first-order chi connectivity index (χ1) is 6.56. The van der Waals surface area contributed by atoms with Gasteiger partial charge in [0.1, 0.15) is 0 Å². The van der Waals surface area contributed by atoms with Gasteiger partial charge in [0.05, 0.1) is 5.38 Å². The summed E-state index contributed by atoms with van der Waals surface area (Å²) in [5, 5.41) is -0.0314. The van der Waals surface area contributed by atoms with Gasteiger partial charge >= 0.3 is 0 Å². The number of benzene rings is 1. The van der Waals surface area contributed by atoms with Crippen LogP contribution >= 0.6 is 34.8 Å². The Morgan fingerprint density at radius 3 is 2.57 bits per heavy atom. The third kappa shape index (κ3) is 2.63. The number of ketones is 1. The van der Waals surface area contributed by atoms with Gasteiger partial charge in [-0.05, 0) is 18.6 Å². The molecule has 0 aromatic heterocycles. The van der Waals surface area contributed by atoms with Crippen molar-refractivity contribution in [1.82, 2.24) is 0 Å². The van der Waals surface area contributed by atoms with Crippen molar-refractivity contribution in [3.63, 3.8) is 0 Å². The molecule has 14 heavy (non-hydrogen) atoms. The van der Waals surface area contributed by atoms with Crippen LogP contribution < -0.4 is 0 Å². The zero-order chi connectivity index (χ0) is 10.7. The number of rotatable bonds is 3. The molecule has 0 bridgehead atoms. The Kier molecular flexibility index (Phi) is 4.24. The minimum absolute atomic E-state index is 0.130. The zero-order valence-electron chi connectivity index (χ0n) is 7.56. The Bertz CT molecular complexity index is 347. The molecule has 1 aromatic rings. The van der Waals surface area contributed by atoms with E-state index in [0.717, 1.165) is 5.56 Å². The molecule has 0 N–H and O–H groups in total. The maximum atomic E-state index is 11.5. The number of hydrogen-bond acceptors (Lipinski definition) is 1. The van der Waals surface area contributed by atoms with Crippen LogP contribution in [0.15, 0.2) is 18.2 Å². The second kappa shape index (κ2) is 5.01. The van der Waals surface area contributed by atoms with Gasteiger partial charge in [-0.3, -0.25) is 4.79 Å². The van der Waals surface area contributed by atoms with E-state index in [-0.39, 0.29) is 5.78 Å². The van der Waals surface area contributed by atoms with Crippen molar-refractivity contribution in [3.05, 3.63) is 34.3 Å². The second-order valence-electron chi connectivity index (χ2n) is 2.92. The van der Waals surface area contributed by atoms with Gasteiger partial charge in [-0.1, -0.05) is 23.7 Å². The highest BCUT2D eigenvalue weighted by molar-refractivity contribution is 6.35. The standard InChI is InChI=1S/C10H9Cl3O/c1-6(12)10(14)7-2-3-8(5-11)9(13)4-7/h2-4,6H,5H2,1H3. The highest BCUT2D eigenvalue weighted by Gasteiger charge is 2.13. The maximum Gasteiger partial charge on any atom is 0.180 e. The van der Waals surface area contributed by atoms with Crippen LogP contribution in [0.5, 0.6) is 0 Å². The summed E-state index contributed by atoms with van der Waals surface area (Å²) in [7, 11) is 0. The lowest BCUT2D eigenvalue weighted by molar-refractivity contribution is 0.0992. The Morgan fingerprint density at radius 1 is 1.50 bits per heavy atom. The molecule has 76 valence electrons. The highest BCUT2D eigenvalue weighted by Crippen LogP contribution is 2.21. The Labute approximate surface area is 98.0 Å². The average molecular weight is 252 g/mol. The van der Waals surface area contributed by atoms with Gasteiger partial charge < -0.3 is 0 Å². The van der Waals surface area contributed by atoms with Crippen molar-refractivity contribution in [2.45, 2.75) is 18.2 Å². The molecule has 0 saturated heterocycles. The van der Waals surface area contributed by atoms with Crippen LogP contribution in [0.4, 0.5) is 0 Å². The molecule has 0 aliphatic carbocycles. The molecule has 1 aromatic carbocycles. The zero-order valence-corrected chi connectivity index (χ0v) is 9.83.